The van der Waals surface area contributed by atoms with E-state index in [1.165, 1.54) is 36.5 Å². The molecule has 0 aliphatic carbocycles. The molecule has 3 rings (SSSR count). The predicted molar refractivity (Wildman–Crippen MR) is 100 cm³/mol. The lowest BCUT2D eigenvalue weighted by Gasteiger charge is -2.11. The second-order valence-corrected chi connectivity index (χ2v) is 7.07. The lowest BCUT2D eigenvalue weighted by Crippen LogP contribution is -2.37. The van der Waals surface area contributed by atoms with E-state index in [1.807, 2.05) is 11.4 Å². The Bertz CT molecular complexity index is 1070. The molecule has 0 bridgehead atoms. The van der Waals surface area contributed by atoms with Gasteiger partial charge in [0.25, 0.3) is 5.56 Å². The zero-order valence-electron chi connectivity index (χ0n) is 13.7. The number of ether oxygens (including phenoxy) is 1. The minimum atomic E-state index is -0.796. The number of nitrogens with one attached hydrogen (secondary N) is 1. The molecular formula is C15H15N5O4S2. The second-order valence-electron chi connectivity index (χ2n) is 5.19. The number of nitrogens with two attached hydrogens (primary N) is 1. The third kappa shape index (κ3) is 3.54. The largest absolute Gasteiger partial charge is 0.384 e. The molecule has 136 valence electrons. The molecule has 0 aliphatic heterocycles. The highest BCUT2D eigenvalue weighted by Gasteiger charge is 2.20. The topological polar surface area (TPSA) is 133 Å². The fourth-order valence-corrected chi connectivity index (χ4v) is 4.16. The van der Waals surface area contributed by atoms with Gasteiger partial charge in [0.15, 0.2) is 5.78 Å². The van der Waals surface area contributed by atoms with Crippen LogP contribution in [0.1, 0.15) is 10.4 Å². The normalized spacial score (nSPS) is 11.1. The number of aromatic amines is 1. The van der Waals surface area contributed by atoms with Crippen LogP contribution in [0.4, 0.5) is 5.82 Å². The molecule has 0 spiro atoms. The maximum atomic E-state index is 12.6. The Labute approximate surface area is 155 Å². The van der Waals surface area contributed by atoms with Crippen molar-refractivity contribution in [3.63, 3.8) is 0 Å². The highest BCUT2D eigenvalue weighted by atomic mass is 32.2. The SMILES string of the molecule is COCCn1c(N)c(C(=O)CSc2ncnc3ccsc23)c(=O)[nH]c1=O. The van der Waals surface area contributed by atoms with Crippen LogP contribution in [0, 0.1) is 0 Å². The van der Waals surface area contributed by atoms with Crippen LogP contribution < -0.4 is 17.0 Å². The summed E-state index contributed by atoms with van der Waals surface area (Å²) in [4.78, 5) is 47.0. The van der Waals surface area contributed by atoms with E-state index in [-0.39, 0.29) is 30.3 Å². The molecule has 0 saturated carbocycles. The minimum absolute atomic E-state index is 0.0419. The van der Waals surface area contributed by atoms with Crippen LogP contribution in [0.2, 0.25) is 0 Å². The van der Waals surface area contributed by atoms with Gasteiger partial charge in [0.1, 0.15) is 22.7 Å². The van der Waals surface area contributed by atoms with Crippen LogP contribution in [-0.4, -0.2) is 44.8 Å². The fourth-order valence-electron chi connectivity index (χ4n) is 2.34. The maximum Gasteiger partial charge on any atom is 0.330 e. The lowest BCUT2D eigenvalue weighted by molar-refractivity contribution is 0.102. The number of hydrogen-bond donors (Lipinski definition) is 2. The molecule has 0 amide bonds. The first kappa shape index (κ1) is 18.3. The van der Waals surface area contributed by atoms with Crippen LogP contribution >= 0.6 is 23.1 Å². The molecule has 3 heterocycles. The van der Waals surface area contributed by atoms with E-state index >= 15 is 0 Å². The summed E-state index contributed by atoms with van der Waals surface area (Å²) in [6.45, 7) is 0.350. The first-order valence-electron chi connectivity index (χ1n) is 7.48. The van der Waals surface area contributed by atoms with Crippen LogP contribution in [0.5, 0.6) is 0 Å². The number of Topliss-reactive ketones (excluding diaryl/α,β-unsaturated/α-hetero) is 1. The summed E-state index contributed by atoms with van der Waals surface area (Å²) >= 11 is 2.66. The number of nitrogens with zero attached hydrogens (tertiary/aromatic N) is 3. The van der Waals surface area contributed by atoms with Gasteiger partial charge in [-0.25, -0.2) is 14.8 Å². The molecule has 0 aromatic carbocycles. The molecule has 0 radical (unpaired) electrons. The van der Waals surface area contributed by atoms with Crippen molar-refractivity contribution in [3.8, 4) is 0 Å². The summed E-state index contributed by atoms with van der Waals surface area (Å²) in [5.41, 5.74) is 5.00. The number of hydrogen-bond acceptors (Lipinski definition) is 9. The summed E-state index contributed by atoms with van der Waals surface area (Å²) in [7, 11) is 1.47. The molecule has 11 heteroatoms. The zero-order chi connectivity index (χ0) is 18.7. The van der Waals surface area contributed by atoms with E-state index in [0.717, 1.165) is 14.8 Å². The van der Waals surface area contributed by atoms with Gasteiger partial charge in [-0.15, -0.1) is 11.3 Å². The molecule has 0 fully saturated rings. The Morgan fingerprint density at radius 2 is 2.23 bits per heavy atom. The van der Waals surface area contributed by atoms with Gasteiger partial charge in [0.05, 0.1) is 29.1 Å². The van der Waals surface area contributed by atoms with Crippen LogP contribution in [0.3, 0.4) is 0 Å². The van der Waals surface area contributed by atoms with Gasteiger partial charge in [0, 0.05) is 7.11 Å². The van der Waals surface area contributed by atoms with Crippen molar-refractivity contribution in [1.82, 2.24) is 19.5 Å². The Morgan fingerprint density at radius 1 is 1.42 bits per heavy atom. The number of thioether (sulfide) groups is 1. The van der Waals surface area contributed by atoms with Crippen molar-refractivity contribution in [1.29, 1.82) is 0 Å². The van der Waals surface area contributed by atoms with Gasteiger partial charge in [-0.3, -0.25) is 19.1 Å². The number of rotatable bonds is 7. The number of thiophene rings is 1. The lowest BCUT2D eigenvalue weighted by atomic mass is 10.2. The van der Waals surface area contributed by atoms with Crippen molar-refractivity contribution in [2.45, 2.75) is 11.6 Å². The second kappa shape index (κ2) is 7.81. The molecule has 3 aromatic heterocycles. The standard InChI is InChI=1S/C15H15N5O4S2/c1-24-4-3-20-12(16)10(13(22)19-15(20)23)9(21)6-26-14-11-8(2-5-25-11)17-7-18-14/h2,5,7H,3-4,6,16H2,1H3,(H,19,22,23). The van der Waals surface area contributed by atoms with E-state index in [2.05, 4.69) is 15.0 Å². The number of fused-ring (bicyclic) bond motifs is 1. The Hall–Kier alpha value is -2.50. The van der Waals surface area contributed by atoms with E-state index in [0.29, 0.717) is 5.03 Å². The number of aromatic nitrogens is 4. The predicted octanol–water partition coefficient (Wildman–Crippen LogP) is 0.745. The summed E-state index contributed by atoms with van der Waals surface area (Å²) in [5.74, 6) is -0.687. The van der Waals surface area contributed by atoms with Crippen LogP contribution in [-0.2, 0) is 11.3 Å². The van der Waals surface area contributed by atoms with Crippen molar-refractivity contribution >= 4 is 44.9 Å². The van der Waals surface area contributed by atoms with Gasteiger partial charge in [-0.05, 0) is 11.4 Å². The quantitative estimate of drug-likeness (QED) is 0.341. The van der Waals surface area contributed by atoms with Gasteiger partial charge >= 0.3 is 5.69 Å². The zero-order valence-corrected chi connectivity index (χ0v) is 15.4. The Morgan fingerprint density at radius 3 is 3.00 bits per heavy atom. The average Bonchev–Trinajstić information content (AvgIpc) is 3.08. The van der Waals surface area contributed by atoms with E-state index < -0.39 is 17.0 Å². The van der Waals surface area contributed by atoms with E-state index in [9.17, 15) is 14.4 Å². The van der Waals surface area contributed by atoms with Gasteiger partial charge < -0.3 is 10.5 Å². The third-order valence-corrected chi connectivity index (χ3v) is 5.62. The summed E-state index contributed by atoms with van der Waals surface area (Å²) in [6.07, 6.45) is 1.42. The molecule has 0 saturated heterocycles. The van der Waals surface area contributed by atoms with Crippen molar-refractivity contribution in [2.24, 2.45) is 0 Å². The van der Waals surface area contributed by atoms with Crippen molar-refractivity contribution in [2.75, 3.05) is 25.2 Å². The van der Waals surface area contributed by atoms with Gasteiger partial charge in [-0.2, -0.15) is 0 Å². The fraction of sp³-hybridized carbons (Fsp3) is 0.267. The van der Waals surface area contributed by atoms with E-state index in [4.69, 9.17) is 10.5 Å². The molecule has 9 nitrogen and oxygen atoms in total. The average molecular weight is 393 g/mol. The molecule has 3 aromatic rings. The minimum Gasteiger partial charge on any atom is -0.384 e. The number of methoxy groups -OCH3 is 1. The third-order valence-electron chi connectivity index (χ3n) is 3.59. The smallest absolute Gasteiger partial charge is 0.330 e. The highest BCUT2D eigenvalue weighted by Crippen LogP contribution is 2.29. The molecule has 0 atom stereocenters. The number of anilines is 1. The monoisotopic (exact) mass is 393 g/mol. The summed E-state index contributed by atoms with van der Waals surface area (Å²) in [5, 5.41) is 2.54. The van der Waals surface area contributed by atoms with Crippen molar-refractivity contribution in [3.05, 3.63) is 44.2 Å². The molecule has 3 N–H and O–H groups in total. The maximum absolute atomic E-state index is 12.6. The number of ketones is 1. The van der Waals surface area contributed by atoms with Gasteiger partial charge in [0.2, 0.25) is 0 Å². The first-order chi connectivity index (χ1) is 12.5. The molecule has 0 unspecified atom stereocenters. The molecular weight excluding hydrogens is 378 g/mol. The number of carbonyl (C=O) groups is 1. The number of carbonyl (C=O) groups excluding carboxylic acids is 1. The Balaban J connectivity index is 1.87. The summed E-state index contributed by atoms with van der Waals surface area (Å²) < 4.78 is 6.90. The van der Waals surface area contributed by atoms with Crippen molar-refractivity contribution < 1.29 is 9.53 Å². The Kier molecular flexibility index (Phi) is 5.49. The summed E-state index contributed by atoms with van der Waals surface area (Å²) in [6, 6.07) is 1.86. The van der Waals surface area contributed by atoms with Crippen LogP contribution in [0.15, 0.2) is 32.4 Å². The first-order valence-corrected chi connectivity index (χ1v) is 9.35. The number of H-pyrrole nitrogens is 1. The van der Waals surface area contributed by atoms with Crippen LogP contribution in [0.25, 0.3) is 10.2 Å². The highest BCUT2D eigenvalue weighted by molar-refractivity contribution is 8.00. The molecule has 0 aliphatic rings. The van der Waals surface area contributed by atoms with Gasteiger partial charge in [-0.1, -0.05) is 11.8 Å². The number of nitrogen functional groups attached to an aromatic ring is 1. The van der Waals surface area contributed by atoms with E-state index in [1.54, 1.807) is 0 Å². The molecule has 26 heavy (non-hydrogen) atoms.